The molecule has 2 aromatic rings. The van der Waals surface area contributed by atoms with Gasteiger partial charge in [0, 0.05) is 35.7 Å². The summed E-state index contributed by atoms with van der Waals surface area (Å²) in [5.74, 6) is -0.813. The predicted octanol–water partition coefficient (Wildman–Crippen LogP) is 5.22. The largest absolute Gasteiger partial charge is 0.508 e. The molecule has 7 heteroatoms. The van der Waals surface area contributed by atoms with E-state index < -0.39 is 11.2 Å². The van der Waals surface area contributed by atoms with Gasteiger partial charge in [0.25, 0.3) is 0 Å². The molecule has 0 aromatic heterocycles. The van der Waals surface area contributed by atoms with Crippen LogP contribution in [0.3, 0.4) is 0 Å². The van der Waals surface area contributed by atoms with Crippen LogP contribution in [0.15, 0.2) is 59.9 Å². The second-order valence-corrected chi connectivity index (χ2v) is 12.0. The van der Waals surface area contributed by atoms with Gasteiger partial charge in [-0.25, -0.2) is 4.39 Å². The number of rotatable bonds is 6. The molecule has 0 spiro atoms. The first kappa shape index (κ1) is 26.9. The Kier molecular flexibility index (Phi) is 7.13. The van der Waals surface area contributed by atoms with Gasteiger partial charge in [-0.1, -0.05) is 24.3 Å². The third-order valence-corrected chi connectivity index (χ3v) is 9.79. The highest BCUT2D eigenvalue weighted by molar-refractivity contribution is 6.16. The van der Waals surface area contributed by atoms with E-state index >= 15 is 0 Å². The third-order valence-electron chi connectivity index (χ3n) is 9.79. The molecule has 210 valence electrons. The van der Waals surface area contributed by atoms with Crippen molar-refractivity contribution in [2.45, 2.75) is 39.0 Å². The molecule has 2 unspecified atom stereocenters. The average Bonchev–Trinajstić information content (AvgIpc) is 2.98. The van der Waals surface area contributed by atoms with Crippen LogP contribution in [0.5, 0.6) is 5.75 Å². The number of halogens is 1. The summed E-state index contributed by atoms with van der Waals surface area (Å²) in [5, 5.41) is 25.4. The highest BCUT2D eigenvalue weighted by Gasteiger charge is 2.55. The molecule has 2 bridgehead atoms. The number of carbonyl (C=O) groups excluding carboxylic acids is 2. The second-order valence-electron chi connectivity index (χ2n) is 12.0. The summed E-state index contributed by atoms with van der Waals surface area (Å²) in [7, 11) is 0. The number of piperidine rings is 4. The van der Waals surface area contributed by atoms with Crippen LogP contribution < -0.4 is 5.32 Å². The van der Waals surface area contributed by atoms with Crippen molar-refractivity contribution in [3.63, 3.8) is 0 Å². The van der Waals surface area contributed by atoms with Gasteiger partial charge in [-0.2, -0.15) is 0 Å². The van der Waals surface area contributed by atoms with Crippen LogP contribution >= 0.6 is 0 Å². The van der Waals surface area contributed by atoms with Crippen LogP contribution in [0.2, 0.25) is 0 Å². The molecule has 7 rings (SSSR count). The van der Waals surface area contributed by atoms with Crippen molar-refractivity contribution < 1.29 is 24.2 Å². The summed E-state index contributed by atoms with van der Waals surface area (Å²) >= 11 is 0. The van der Waals surface area contributed by atoms with E-state index in [0.29, 0.717) is 29.2 Å². The number of hydrogen-bond donors (Lipinski definition) is 3. The van der Waals surface area contributed by atoms with Crippen molar-refractivity contribution in [2.75, 3.05) is 32.7 Å². The van der Waals surface area contributed by atoms with Crippen molar-refractivity contribution in [1.82, 2.24) is 10.2 Å². The van der Waals surface area contributed by atoms with E-state index in [2.05, 4.69) is 10.2 Å². The van der Waals surface area contributed by atoms with Crippen LogP contribution in [-0.2, 0) is 4.79 Å². The quantitative estimate of drug-likeness (QED) is 0.432. The lowest BCUT2D eigenvalue weighted by atomic mass is 9.55. The summed E-state index contributed by atoms with van der Waals surface area (Å²) in [6.07, 6.45) is 5.54. The second kappa shape index (κ2) is 10.6. The maximum atomic E-state index is 14.8. The molecular weight excluding hydrogens is 507 g/mol. The first-order valence-corrected chi connectivity index (χ1v) is 14.5. The van der Waals surface area contributed by atoms with E-state index in [9.17, 15) is 24.2 Å². The Balaban J connectivity index is 1.54. The fraction of sp³-hybridized carbons (Fsp3) is 0.455. The van der Waals surface area contributed by atoms with E-state index in [0.717, 1.165) is 51.9 Å². The van der Waals surface area contributed by atoms with Crippen LogP contribution in [0.4, 0.5) is 4.39 Å². The number of fused-ring (bicyclic) bond motifs is 3. The van der Waals surface area contributed by atoms with Gasteiger partial charge in [-0.3, -0.25) is 9.59 Å². The molecule has 4 fully saturated rings. The van der Waals surface area contributed by atoms with Crippen LogP contribution in [-0.4, -0.2) is 59.4 Å². The first-order chi connectivity index (χ1) is 19.3. The molecule has 0 saturated carbocycles. The Morgan fingerprint density at radius 1 is 1.07 bits per heavy atom. The van der Waals surface area contributed by atoms with Gasteiger partial charge in [-0.05, 0) is 106 Å². The molecule has 4 heterocycles. The number of aliphatic hydroxyl groups excluding tert-OH is 1. The number of phenolic OH excluding ortho intramolecular Hbond substituents is 1. The number of ketones is 2. The van der Waals surface area contributed by atoms with Crippen LogP contribution in [0, 0.1) is 35.9 Å². The van der Waals surface area contributed by atoms with Crippen molar-refractivity contribution in [3.8, 4) is 5.75 Å². The number of nitrogens with zero attached hydrogens (tertiary/aromatic N) is 1. The number of Topliss-reactive ketones (excluding diaryl/α,β-unsaturated/α-hetero) is 2. The molecule has 0 radical (unpaired) electrons. The zero-order valence-corrected chi connectivity index (χ0v) is 23.0. The lowest BCUT2D eigenvalue weighted by Gasteiger charge is -2.53. The van der Waals surface area contributed by atoms with E-state index in [1.165, 1.54) is 18.2 Å². The molecule has 1 aliphatic carbocycles. The first-order valence-electron chi connectivity index (χ1n) is 14.5. The molecule has 40 heavy (non-hydrogen) atoms. The normalized spacial score (nSPS) is 30.2. The van der Waals surface area contributed by atoms with Gasteiger partial charge >= 0.3 is 0 Å². The highest BCUT2D eigenvalue weighted by atomic mass is 19.1. The number of allylic oxidation sites excluding steroid dienone is 3. The summed E-state index contributed by atoms with van der Waals surface area (Å²) in [4.78, 5) is 31.3. The average molecular weight is 545 g/mol. The number of aromatic hydroxyl groups is 1. The van der Waals surface area contributed by atoms with Crippen LogP contribution in [0.25, 0.3) is 5.57 Å². The SMILES string of the molecule is Cc1c(F)cccc1C1=C(C(=O)c2cccc(O)c2)CC(C(=O)C2CCCNC2)([C@H]2CN3CCC2CC3)C=C1O. The number of aliphatic hydroxyl groups is 1. The van der Waals surface area contributed by atoms with Crippen LogP contribution in [0.1, 0.15) is 53.6 Å². The predicted molar refractivity (Wildman–Crippen MR) is 152 cm³/mol. The molecule has 0 amide bonds. The Morgan fingerprint density at radius 3 is 2.52 bits per heavy atom. The lowest BCUT2D eigenvalue weighted by molar-refractivity contribution is -0.138. The Labute approximate surface area is 234 Å². The van der Waals surface area contributed by atoms with Crippen molar-refractivity contribution in [2.24, 2.45) is 23.2 Å². The molecule has 4 saturated heterocycles. The summed E-state index contributed by atoms with van der Waals surface area (Å²) in [5.41, 5.74) is 0.559. The van der Waals surface area contributed by atoms with Crippen molar-refractivity contribution >= 4 is 17.1 Å². The topological polar surface area (TPSA) is 89.9 Å². The zero-order valence-electron chi connectivity index (χ0n) is 23.0. The third kappa shape index (κ3) is 4.59. The van der Waals surface area contributed by atoms with Gasteiger partial charge in [0.15, 0.2) is 5.78 Å². The summed E-state index contributed by atoms with van der Waals surface area (Å²) < 4.78 is 14.8. The summed E-state index contributed by atoms with van der Waals surface area (Å²) in [6.45, 7) is 5.86. The molecule has 3 N–H and O–H groups in total. The molecule has 5 aliphatic rings. The summed E-state index contributed by atoms with van der Waals surface area (Å²) in [6, 6.07) is 10.8. The molecular formula is C33H37FN2O4. The van der Waals surface area contributed by atoms with Crippen molar-refractivity contribution in [3.05, 3.63) is 82.4 Å². The van der Waals surface area contributed by atoms with E-state index in [4.69, 9.17) is 0 Å². The fourth-order valence-corrected chi connectivity index (χ4v) is 7.68. The minimum Gasteiger partial charge on any atom is -0.508 e. The number of benzene rings is 2. The Hall–Kier alpha value is -3.29. The van der Waals surface area contributed by atoms with Crippen molar-refractivity contribution in [1.29, 1.82) is 0 Å². The van der Waals surface area contributed by atoms with Gasteiger partial charge in [0.2, 0.25) is 0 Å². The number of nitrogens with one attached hydrogen (secondary N) is 1. The standard InChI is InChI=1S/C33H37FN2O4/c1-20-25(8-3-9-28(20)34)30-26(31(39)22-5-2-7-24(37)15-22)16-33(17-29(30)38,32(40)23-6-4-12-35-18-23)27-19-36-13-10-21(27)11-14-36/h2-3,5,7-9,15,17,21,23,27,35,37-38H,4,6,10-14,16,18-19H2,1H3/t23?,27-,33?/m0/s1. The van der Waals surface area contributed by atoms with Gasteiger partial charge < -0.3 is 20.4 Å². The maximum absolute atomic E-state index is 14.8. The molecule has 2 aromatic carbocycles. The fourth-order valence-electron chi connectivity index (χ4n) is 7.68. The monoisotopic (exact) mass is 544 g/mol. The minimum atomic E-state index is -1.05. The maximum Gasteiger partial charge on any atom is 0.189 e. The molecule has 6 nitrogen and oxygen atoms in total. The smallest absolute Gasteiger partial charge is 0.189 e. The van der Waals surface area contributed by atoms with Gasteiger partial charge in [-0.15, -0.1) is 0 Å². The Bertz CT molecular complexity index is 1400. The Morgan fingerprint density at radius 2 is 1.85 bits per heavy atom. The van der Waals surface area contributed by atoms with E-state index in [1.807, 2.05) is 0 Å². The minimum absolute atomic E-state index is 0.0336. The van der Waals surface area contributed by atoms with E-state index in [1.54, 1.807) is 37.3 Å². The number of hydrogen-bond acceptors (Lipinski definition) is 6. The number of phenols is 1. The lowest BCUT2D eigenvalue weighted by Crippen LogP contribution is -2.57. The molecule has 4 aliphatic heterocycles. The highest BCUT2D eigenvalue weighted by Crippen LogP contribution is 2.54. The van der Waals surface area contributed by atoms with Gasteiger partial charge in [0.05, 0.1) is 5.41 Å². The zero-order chi connectivity index (χ0) is 28.0. The number of carbonyl (C=O) groups is 2. The molecule has 3 atom stereocenters. The van der Waals surface area contributed by atoms with E-state index in [-0.39, 0.29) is 52.5 Å². The van der Waals surface area contributed by atoms with Gasteiger partial charge in [0.1, 0.15) is 23.1 Å².